The first-order valence-corrected chi connectivity index (χ1v) is 16.2. The van der Waals surface area contributed by atoms with E-state index in [9.17, 15) is 4.79 Å². The molecule has 0 spiro atoms. The van der Waals surface area contributed by atoms with Gasteiger partial charge in [-0.25, -0.2) is 9.78 Å². The van der Waals surface area contributed by atoms with E-state index in [1.807, 2.05) is 38.1 Å². The highest BCUT2D eigenvalue weighted by Crippen LogP contribution is 2.40. The molecule has 3 rings (SSSR count). The molecule has 1 saturated heterocycles. The summed E-state index contributed by atoms with van der Waals surface area (Å²) >= 11 is 12.5. The molecule has 1 fully saturated rings. The molecule has 0 bridgehead atoms. The number of hydrogen-bond donors (Lipinski definition) is 0. The quantitative estimate of drug-likeness (QED) is 0.348. The molecule has 0 unspecified atom stereocenters. The molecule has 196 valence electrons. The van der Waals surface area contributed by atoms with Crippen LogP contribution in [0.3, 0.4) is 0 Å². The summed E-state index contributed by atoms with van der Waals surface area (Å²) in [5.41, 5.74) is 1.14. The monoisotopic (exact) mass is 541 g/mol. The van der Waals surface area contributed by atoms with Crippen molar-refractivity contribution in [2.75, 3.05) is 6.54 Å². The third kappa shape index (κ3) is 6.73. The Balaban J connectivity index is 1.80. The summed E-state index contributed by atoms with van der Waals surface area (Å²) in [6.07, 6.45) is 5.12. The number of nitrogens with zero attached hydrogens (tertiary/aromatic N) is 3. The summed E-state index contributed by atoms with van der Waals surface area (Å²) in [4.78, 5) is 19.6. The highest BCUT2D eigenvalue weighted by molar-refractivity contribution is 6.74. The molecule has 35 heavy (non-hydrogen) atoms. The van der Waals surface area contributed by atoms with Gasteiger partial charge in [0.25, 0.3) is 0 Å². The van der Waals surface area contributed by atoms with Gasteiger partial charge in [-0.15, -0.1) is 0 Å². The van der Waals surface area contributed by atoms with E-state index in [2.05, 4.69) is 43.4 Å². The average Bonchev–Trinajstić information content (AvgIpc) is 3.13. The van der Waals surface area contributed by atoms with Crippen LogP contribution in [0.4, 0.5) is 4.79 Å². The standard InChI is InChI=1S/C26H41Cl2N3O3Si/c1-25(2,3)33-24(32)31-16-10-12-21(34-35(7,8)26(4,5)6)19(31)11-9-15-30-17-29-23-20(30)14-13-18(27)22(23)28/h13-14,17,19,21H,9-12,15-16H2,1-8H3/t19-,21+/m1/s1. The second-order valence-corrected chi connectivity index (χ2v) is 17.7. The number of carbonyl (C=O) groups is 1. The van der Waals surface area contributed by atoms with Crippen LogP contribution in [-0.4, -0.2) is 53.2 Å². The van der Waals surface area contributed by atoms with Crippen molar-refractivity contribution in [1.29, 1.82) is 0 Å². The summed E-state index contributed by atoms with van der Waals surface area (Å²) in [5, 5.41) is 1.08. The topological polar surface area (TPSA) is 56.6 Å². The van der Waals surface area contributed by atoms with Gasteiger partial charge in [0.1, 0.15) is 11.1 Å². The highest BCUT2D eigenvalue weighted by atomic mass is 35.5. The van der Waals surface area contributed by atoms with Gasteiger partial charge in [-0.3, -0.25) is 0 Å². The lowest BCUT2D eigenvalue weighted by Gasteiger charge is -2.47. The molecule has 1 aliphatic heterocycles. The number of rotatable bonds is 6. The molecule has 1 aliphatic rings. The van der Waals surface area contributed by atoms with Crippen molar-refractivity contribution in [3.05, 3.63) is 28.5 Å². The maximum atomic E-state index is 13.2. The van der Waals surface area contributed by atoms with Crippen molar-refractivity contribution in [2.24, 2.45) is 0 Å². The Morgan fingerprint density at radius 3 is 2.49 bits per heavy atom. The molecule has 1 aromatic carbocycles. The summed E-state index contributed by atoms with van der Waals surface area (Å²) in [5.74, 6) is 0. The normalized spacial score (nSPS) is 19.9. The first-order chi connectivity index (χ1) is 16.1. The zero-order valence-electron chi connectivity index (χ0n) is 22.5. The smallest absolute Gasteiger partial charge is 0.410 e. The number of hydrogen-bond acceptors (Lipinski definition) is 4. The number of benzene rings is 1. The minimum Gasteiger partial charge on any atom is -0.444 e. The highest BCUT2D eigenvalue weighted by Gasteiger charge is 2.44. The van der Waals surface area contributed by atoms with Crippen LogP contribution in [0.1, 0.15) is 67.2 Å². The van der Waals surface area contributed by atoms with Crippen LogP contribution in [0.15, 0.2) is 18.5 Å². The Hall–Kier alpha value is -1.28. The van der Waals surface area contributed by atoms with Crippen molar-refractivity contribution < 1.29 is 14.0 Å². The fourth-order valence-corrected chi connectivity index (χ4v) is 6.07. The number of fused-ring (bicyclic) bond motifs is 1. The van der Waals surface area contributed by atoms with E-state index < -0.39 is 13.9 Å². The second-order valence-electron chi connectivity index (χ2n) is 12.1. The first kappa shape index (κ1) is 28.3. The van der Waals surface area contributed by atoms with Gasteiger partial charge in [-0.2, -0.15) is 0 Å². The lowest BCUT2D eigenvalue weighted by atomic mass is 9.95. The number of carbonyl (C=O) groups excluding carboxylic acids is 1. The number of amides is 1. The van der Waals surface area contributed by atoms with Crippen LogP contribution in [0.25, 0.3) is 11.0 Å². The molecular weight excluding hydrogens is 501 g/mol. The first-order valence-electron chi connectivity index (χ1n) is 12.6. The fraction of sp³-hybridized carbons (Fsp3) is 0.692. The number of ether oxygens (including phenoxy) is 1. The molecule has 0 radical (unpaired) electrons. The van der Waals surface area contributed by atoms with Crippen molar-refractivity contribution in [3.63, 3.8) is 0 Å². The number of aromatic nitrogens is 2. The van der Waals surface area contributed by atoms with Gasteiger partial charge in [0.2, 0.25) is 0 Å². The van der Waals surface area contributed by atoms with Gasteiger partial charge in [0.15, 0.2) is 8.32 Å². The van der Waals surface area contributed by atoms with Gasteiger partial charge >= 0.3 is 6.09 Å². The van der Waals surface area contributed by atoms with Crippen LogP contribution in [0.5, 0.6) is 0 Å². The maximum Gasteiger partial charge on any atom is 0.410 e. The third-order valence-electron chi connectivity index (χ3n) is 7.18. The largest absolute Gasteiger partial charge is 0.444 e. The third-order valence-corrected chi connectivity index (χ3v) is 12.5. The van der Waals surface area contributed by atoms with E-state index in [1.54, 1.807) is 6.07 Å². The number of aryl methyl sites for hydroxylation is 1. The maximum absolute atomic E-state index is 13.2. The molecule has 9 heteroatoms. The predicted molar refractivity (Wildman–Crippen MR) is 147 cm³/mol. The van der Waals surface area contributed by atoms with Gasteiger partial charge in [-0.1, -0.05) is 44.0 Å². The molecule has 2 aromatic rings. The van der Waals surface area contributed by atoms with Crippen LogP contribution in [0, 0.1) is 0 Å². The number of piperidine rings is 1. The molecule has 0 N–H and O–H groups in total. The van der Waals surface area contributed by atoms with Gasteiger partial charge in [-0.05, 0) is 76.7 Å². The molecule has 6 nitrogen and oxygen atoms in total. The Morgan fingerprint density at radius 1 is 1.17 bits per heavy atom. The molecule has 1 aromatic heterocycles. The zero-order chi connectivity index (χ0) is 26.2. The van der Waals surface area contributed by atoms with Gasteiger partial charge in [0.05, 0.1) is 34.0 Å². The fourth-order valence-electron chi connectivity index (χ4n) is 4.33. The number of likely N-dealkylation sites (tertiary alicyclic amines) is 1. The second kappa shape index (κ2) is 10.6. The van der Waals surface area contributed by atoms with Crippen molar-refractivity contribution in [2.45, 2.75) is 110 Å². The van der Waals surface area contributed by atoms with E-state index in [0.29, 0.717) is 22.1 Å². The van der Waals surface area contributed by atoms with E-state index in [4.69, 9.17) is 32.4 Å². The number of imidazole rings is 1. The Morgan fingerprint density at radius 2 is 1.86 bits per heavy atom. The van der Waals surface area contributed by atoms with Crippen molar-refractivity contribution in [3.8, 4) is 0 Å². The Kier molecular flexibility index (Phi) is 8.57. The van der Waals surface area contributed by atoms with E-state index in [0.717, 1.165) is 37.7 Å². The van der Waals surface area contributed by atoms with Gasteiger partial charge < -0.3 is 18.6 Å². The summed E-state index contributed by atoms with van der Waals surface area (Å²) in [7, 11) is -2.01. The molecule has 1 amide bonds. The Labute approximate surface area is 221 Å². The molecule has 0 saturated carbocycles. The summed E-state index contributed by atoms with van der Waals surface area (Å²) in [6, 6.07) is 3.73. The summed E-state index contributed by atoms with van der Waals surface area (Å²) < 4.78 is 14.8. The van der Waals surface area contributed by atoms with E-state index in [1.165, 1.54) is 0 Å². The van der Waals surface area contributed by atoms with E-state index >= 15 is 0 Å². The van der Waals surface area contributed by atoms with Crippen LogP contribution in [0.2, 0.25) is 28.2 Å². The molecule has 2 atom stereocenters. The minimum atomic E-state index is -2.01. The van der Waals surface area contributed by atoms with Crippen LogP contribution in [-0.2, 0) is 15.7 Å². The zero-order valence-corrected chi connectivity index (χ0v) is 25.0. The summed E-state index contributed by atoms with van der Waals surface area (Å²) in [6.45, 7) is 18.5. The van der Waals surface area contributed by atoms with Crippen molar-refractivity contribution >= 4 is 48.6 Å². The SMILES string of the molecule is CC(C)(C)OC(=O)N1CCC[C@H](O[Si](C)(C)C(C)(C)C)[C@H]1CCCn1cnc2c(Cl)c(Cl)ccc21. The lowest BCUT2D eigenvalue weighted by molar-refractivity contribution is -0.0219. The Bertz CT molecular complexity index is 1040. The minimum absolute atomic E-state index is 0.00458. The van der Waals surface area contributed by atoms with E-state index in [-0.39, 0.29) is 23.3 Å². The van der Waals surface area contributed by atoms with Gasteiger partial charge in [0, 0.05) is 13.1 Å². The van der Waals surface area contributed by atoms with Crippen LogP contribution < -0.4 is 0 Å². The number of halogens is 2. The molecule has 0 aliphatic carbocycles. The van der Waals surface area contributed by atoms with Crippen LogP contribution >= 0.6 is 23.2 Å². The van der Waals surface area contributed by atoms with Crippen molar-refractivity contribution in [1.82, 2.24) is 14.5 Å². The molecule has 2 heterocycles. The predicted octanol–water partition coefficient (Wildman–Crippen LogP) is 7.91. The average molecular weight is 543 g/mol. The lowest BCUT2D eigenvalue weighted by Crippen LogP contribution is -2.56. The molecular formula is C26H41Cl2N3O3Si.